The van der Waals surface area contributed by atoms with Crippen molar-refractivity contribution in [1.82, 2.24) is 5.32 Å². The number of carbonyl (C=O) groups excluding carboxylic acids is 1. The van der Waals surface area contributed by atoms with Gasteiger partial charge in [0.1, 0.15) is 5.75 Å². The Balaban J connectivity index is 1.94. The van der Waals surface area contributed by atoms with Gasteiger partial charge < -0.3 is 15.2 Å². The number of halogens is 1. The molecule has 120 valence electrons. The van der Waals surface area contributed by atoms with E-state index >= 15 is 0 Å². The minimum absolute atomic E-state index is 0.0467. The van der Waals surface area contributed by atoms with Crippen LogP contribution in [0.5, 0.6) is 5.75 Å². The summed E-state index contributed by atoms with van der Waals surface area (Å²) >= 11 is 6.00. The maximum Gasteiger partial charge on any atom is 0.305 e. The van der Waals surface area contributed by atoms with Gasteiger partial charge in [0.05, 0.1) is 12.0 Å². The summed E-state index contributed by atoms with van der Waals surface area (Å²) in [5.41, 5.74) is 0.147. The van der Waals surface area contributed by atoms with Crippen LogP contribution in [-0.2, 0) is 9.59 Å². The molecule has 22 heavy (non-hydrogen) atoms. The van der Waals surface area contributed by atoms with Gasteiger partial charge in [-0.1, -0.05) is 30.5 Å². The SMILES string of the molecule is Cc1c(Cl)cccc1OCC(=O)NC1(CC(=O)O)CCCC1. The Bertz CT molecular complexity index is 567. The second-order valence-electron chi connectivity index (χ2n) is 5.76. The summed E-state index contributed by atoms with van der Waals surface area (Å²) in [4.78, 5) is 23.1. The molecule has 1 aliphatic rings. The molecule has 2 N–H and O–H groups in total. The molecule has 1 fully saturated rings. The van der Waals surface area contributed by atoms with Crippen molar-refractivity contribution < 1.29 is 19.4 Å². The maximum absolute atomic E-state index is 12.1. The Hall–Kier alpha value is -1.75. The van der Waals surface area contributed by atoms with Crippen LogP contribution in [0.4, 0.5) is 0 Å². The van der Waals surface area contributed by atoms with Gasteiger partial charge in [-0.15, -0.1) is 0 Å². The first-order chi connectivity index (χ1) is 10.4. The molecule has 0 aliphatic heterocycles. The summed E-state index contributed by atoms with van der Waals surface area (Å²) < 4.78 is 5.50. The standard InChI is InChI=1S/C16H20ClNO4/c1-11-12(17)5-4-6-13(11)22-10-14(19)18-16(9-15(20)21)7-2-3-8-16/h4-6H,2-3,7-10H2,1H3,(H,18,19)(H,20,21). The zero-order valence-electron chi connectivity index (χ0n) is 12.5. The molecule has 6 heteroatoms. The van der Waals surface area contributed by atoms with Crippen LogP contribution in [0.15, 0.2) is 18.2 Å². The Labute approximate surface area is 134 Å². The number of amides is 1. The number of nitrogens with one attached hydrogen (secondary N) is 1. The lowest BCUT2D eigenvalue weighted by molar-refractivity contribution is -0.139. The molecular weight excluding hydrogens is 306 g/mol. The van der Waals surface area contributed by atoms with Crippen molar-refractivity contribution in [2.45, 2.75) is 44.6 Å². The smallest absolute Gasteiger partial charge is 0.305 e. The lowest BCUT2D eigenvalue weighted by atomic mass is 9.93. The largest absolute Gasteiger partial charge is 0.483 e. The van der Waals surface area contributed by atoms with E-state index in [0.717, 1.165) is 18.4 Å². The minimum atomic E-state index is -0.895. The van der Waals surface area contributed by atoms with E-state index in [4.69, 9.17) is 21.4 Å². The highest BCUT2D eigenvalue weighted by molar-refractivity contribution is 6.31. The van der Waals surface area contributed by atoms with Gasteiger partial charge in [0.25, 0.3) is 5.91 Å². The van der Waals surface area contributed by atoms with E-state index < -0.39 is 11.5 Å². The summed E-state index contributed by atoms with van der Waals surface area (Å²) in [5, 5.41) is 12.5. The molecule has 0 unspecified atom stereocenters. The average Bonchev–Trinajstić information content (AvgIpc) is 2.87. The number of rotatable bonds is 6. The van der Waals surface area contributed by atoms with Gasteiger partial charge >= 0.3 is 5.97 Å². The van der Waals surface area contributed by atoms with Gasteiger partial charge in [-0.05, 0) is 31.9 Å². The van der Waals surface area contributed by atoms with Crippen LogP contribution in [0, 0.1) is 6.92 Å². The van der Waals surface area contributed by atoms with E-state index in [1.807, 2.05) is 6.92 Å². The normalized spacial score (nSPS) is 16.3. The van der Waals surface area contributed by atoms with Gasteiger partial charge in [0, 0.05) is 10.6 Å². The first-order valence-corrected chi connectivity index (χ1v) is 7.70. The van der Waals surface area contributed by atoms with Crippen molar-refractivity contribution in [1.29, 1.82) is 0 Å². The molecule has 1 saturated carbocycles. The van der Waals surface area contributed by atoms with Crippen LogP contribution in [0.2, 0.25) is 5.02 Å². The molecule has 1 aromatic carbocycles. The molecular formula is C16H20ClNO4. The molecule has 1 aromatic rings. The molecule has 1 amide bonds. The summed E-state index contributed by atoms with van der Waals surface area (Å²) in [6.45, 7) is 1.67. The third-order valence-electron chi connectivity index (χ3n) is 4.03. The predicted molar refractivity (Wildman–Crippen MR) is 83.3 cm³/mol. The van der Waals surface area contributed by atoms with Gasteiger partial charge in [-0.2, -0.15) is 0 Å². The lowest BCUT2D eigenvalue weighted by Gasteiger charge is -2.28. The molecule has 0 bridgehead atoms. The molecule has 1 aliphatic carbocycles. The molecule has 0 spiro atoms. The van der Waals surface area contributed by atoms with Gasteiger partial charge in [-0.3, -0.25) is 9.59 Å². The average molecular weight is 326 g/mol. The summed E-state index contributed by atoms with van der Waals surface area (Å²) in [6.07, 6.45) is 3.21. The third kappa shape index (κ3) is 4.13. The number of ether oxygens (including phenoxy) is 1. The molecule has 0 atom stereocenters. The van der Waals surface area contributed by atoms with Gasteiger partial charge in [-0.25, -0.2) is 0 Å². The van der Waals surface area contributed by atoms with E-state index in [1.165, 1.54) is 0 Å². The van der Waals surface area contributed by atoms with Crippen molar-refractivity contribution >= 4 is 23.5 Å². The Morgan fingerprint density at radius 1 is 1.36 bits per heavy atom. The zero-order valence-corrected chi connectivity index (χ0v) is 13.3. The number of carboxylic acids is 1. The fraction of sp³-hybridized carbons (Fsp3) is 0.500. The number of benzene rings is 1. The predicted octanol–water partition coefficient (Wildman–Crippen LogP) is 2.93. The molecule has 0 radical (unpaired) electrons. The first-order valence-electron chi connectivity index (χ1n) is 7.33. The van der Waals surface area contributed by atoms with Gasteiger partial charge in [0.2, 0.25) is 0 Å². The van der Waals surface area contributed by atoms with E-state index in [2.05, 4.69) is 5.32 Å². The first kappa shape index (κ1) is 16.6. The summed E-state index contributed by atoms with van der Waals surface area (Å²) in [6, 6.07) is 5.26. The van der Waals surface area contributed by atoms with Gasteiger partial charge in [0.15, 0.2) is 6.61 Å². The molecule has 0 heterocycles. The second-order valence-corrected chi connectivity index (χ2v) is 6.16. The number of carbonyl (C=O) groups is 2. The highest BCUT2D eigenvalue weighted by Gasteiger charge is 2.37. The lowest BCUT2D eigenvalue weighted by Crippen LogP contribution is -2.49. The van der Waals surface area contributed by atoms with E-state index in [9.17, 15) is 9.59 Å². The second kappa shape index (κ2) is 7.01. The van der Waals surface area contributed by atoms with Crippen molar-refractivity contribution in [3.63, 3.8) is 0 Å². The number of carboxylic acid groups (broad SMARTS) is 1. The molecule has 5 nitrogen and oxygen atoms in total. The quantitative estimate of drug-likeness (QED) is 0.843. The van der Waals surface area contributed by atoms with E-state index in [1.54, 1.807) is 18.2 Å². The van der Waals surface area contributed by atoms with Crippen LogP contribution >= 0.6 is 11.6 Å². The Kier molecular flexibility index (Phi) is 5.29. The monoisotopic (exact) mass is 325 g/mol. The zero-order chi connectivity index (χ0) is 16.2. The van der Waals surface area contributed by atoms with Crippen LogP contribution in [-0.4, -0.2) is 29.1 Å². The fourth-order valence-corrected chi connectivity index (χ4v) is 3.07. The van der Waals surface area contributed by atoms with E-state index in [0.29, 0.717) is 23.6 Å². The van der Waals surface area contributed by atoms with E-state index in [-0.39, 0.29) is 18.9 Å². The topological polar surface area (TPSA) is 75.6 Å². The van der Waals surface area contributed by atoms with Crippen molar-refractivity contribution in [3.05, 3.63) is 28.8 Å². The molecule has 2 rings (SSSR count). The molecule has 0 aromatic heterocycles. The maximum atomic E-state index is 12.1. The Morgan fingerprint density at radius 3 is 2.68 bits per heavy atom. The fourth-order valence-electron chi connectivity index (χ4n) is 2.91. The van der Waals surface area contributed by atoms with Crippen molar-refractivity contribution in [2.24, 2.45) is 0 Å². The highest BCUT2D eigenvalue weighted by Crippen LogP contribution is 2.32. The summed E-state index contributed by atoms with van der Waals surface area (Å²) in [5.74, 6) is -0.641. The molecule has 0 saturated heterocycles. The van der Waals surface area contributed by atoms with Crippen LogP contribution < -0.4 is 10.1 Å². The Morgan fingerprint density at radius 2 is 2.05 bits per heavy atom. The highest BCUT2D eigenvalue weighted by atomic mass is 35.5. The number of hydrogen-bond acceptors (Lipinski definition) is 3. The van der Waals surface area contributed by atoms with Crippen LogP contribution in [0.1, 0.15) is 37.7 Å². The van der Waals surface area contributed by atoms with Crippen LogP contribution in [0.3, 0.4) is 0 Å². The summed E-state index contributed by atoms with van der Waals surface area (Å²) in [7, 11) is 0. The third-order valence-corrected chi connectivity index (χ3v) is 4.44. The van der Waals surface area contributed by atoms with Crippen molar-refractivity contribution in [3.8, 4) is 5.75 Å². The van der Waals surface area contributed by atoms with Crippen molar-refractivity contribution in [2.75, 3.05) is 6.61 Å². The number of hydrogen-bond donors (Lipinski definition) is 2. The number of aliphatic carboxylic acids is 1. The minimum Gasteiger partial charge on any atom is -0.483 e. The van der Waals surface area contributed by atoms with Crippen LogP contribution in [0.25, 0.3) is 0 Å².